The number of oxazole rings is 1. The number of hydrogen-bond acceptors (Lipinski definition) is 6. The first-order chi connectivity index (χ1) is 10.0. The van der Waals surface area contributed by atoms with E-state index in [1.165, 1.54) is 24.7 Å². The molecular weight excluding hydrogens is 294 g/mol. The molecule has 9 heteroatoms. The molecule has 0 aliphatic carbocycles. The van der Waals surface area contributed by atoms with Gasteiger partial charge in [0.1, 0.15) is 18.3 Å². The van der Waals surface area contributed by atoms with Crippen LogP contribution in [0.15, 0.2) is 46.2 Å². The molecule has 8 nitrogen and oxygen atoms in total. The second kappa shape index (κ2) is 5.02. The lowest BCUT2D eigenvalue weighted by atomic mass is 10.2. The first kappa shape index (κ1) is 13.3. The van der Waals surface area contributed by atoms with Crippen LogP contribution in [0.5, 0.6) is 0 Å². The van der Waals surface area contributed by atoms with Gasteiger partial charge in [0.25, 0.3) is 10.0 Å². The van der Waals surface area contributed by atoms with Crippen LogP contribution in [0.4, 0.5) is 5.95 Å². The molecular formula is C12H11N5O3S. The molecule has 0 atom stereocenters. The summed E-state index contributed by atoms with van der Waals surface area (Å²) >= 11 is 0. The molecule has 1 aromatic carbocycles. The molecule has 0 saturated heterocycles. The summed E-state index contributed by atoms with van der Waals surface area (Å²) in [5.41, 5.74) is 1.42. The average Bonchev–Trinajstić information content (AvgIpc) is 3.10. The third kappa shape index (κ3) is 2.77. The number of rotatable bonds is 4. The molecule has 2 heterocycles. The molecule has 0 radical (unpaired) electrons. The van der Waals surface area contributed by atoms with Gasteiger partial charge in [0.15, 0.2) is 5.89 Å². The summed E-state index contributed by atoms with van der Waals surface area (Å²) in [6.45, 7) is 1.74. The maximum atomic E-state index is 12.1. The van der Waals surface area contributed by atoms with E-state index in [-0.39, 0.29) is 10.8 Å². The van der Waals surface area contributed by atoms with Gasteiger partial charge in [0, 0.05) is 12.5 Å². The van der Waals surface area contributed by atoms with E-state index >= 15 is 0 Å². The van der Waals surface area contributed by atoms with E-state index in [9.17, 15) is 8.42 Å². The maximum Gasteiger partial charge on any atom is 0.264 e. The number of H-pyrrole nitrogens is 1. The van der Waals surface area contributed by atoms with Crippen LogP contribution in [0.2, 0.25) is 0 Å². The molecule has 3 aromatic rings. The quantitative estimate of drug-likeness (QED) is 0.756. The predicted octanol–water partition coefficient (Wildman–Crippen LogP) is 1.57. The monoisotopic (exact) mass is 305 g/mol. The Hall–Kier alpha value is -2.68. The summed E-state index contributed by atoms with van der Waals surface area (Å²) in [6.07, 6.45) is 2.74. The molecule has 2 N–H and O–H groups in total. The fourth-order valence-corrected chi connectivity index (χ4v) is 2.71. The van der Waals surface area contributed by atoms with Crippen molar-refractivity contribution in [3.8, 4) is 11.3 Å². The Bertz CT molecular complexity index is 837. The highest BCUT2D eigenvalue weighted by molar-refractivity contribution is 7.92. The molecule has 2 aromatic heterocycles. The van der Waals surface area contributed by atoms with Crippen molar-refractivity contribution in [3.63, 3.8) is 0 Å². The Kier molecular flexibility index (Phi) is 3.18. The summed E-state index contributed by atoms with van der Waals surface area (Å²) in [7, 11) is -3.70. The molecule has 0 bridgehead atoms. The maximum absolute atomic E-state index is 12.1. The zero-order chi connectivity index (χ0) is 14.9. The Morgan fingerprint density at radius 2 is 2.00 bits per heavy atom. The molecule has 0 spiro atoms. The number of nitrogens with zero attached hydrogens (tertiary/aromatic N) is 3. The third-order valence-electron chi connectivity index (χ3n) is 2.73. The lowest BCUT2D eigenvalue weighted by Crippen LogP contribution is -2.13. The Labute approximate surface area is 120 Å². The summed E-state index contributed by atoms with van der Waals surface area (Å²) in [5.74, 6) is 0.611. The van der Waals surface area contributed by atoms with E-state index < -0.39 is 10.0 Å². The van der Waals surface area contributed by atoms with Gasteiger partial charge in [-0.25, -0.2) is 23.2 Å². The van der Waals surface area contributed by atoms with Crippen molar-refractivity contribution < 1.29 is 12.8 Å². The second-order valence-electron chi connectivity index (χ2n) is 4.22. The van der Waals surface area contributed by atoms with Crippen LogP contribution in [-0.2, 0) is 10.0 Å². The fourth-order valence-electron chi connectivity index (χ4n) is 1.74. The second-order valence-corrected chi connectivity index (χ2v) is 5.90. The Morgan fingerprint density at radius 1 is 1.24 bits per heavy atom. The zero-order valence-corrected chi connectivity index (χ0v) is 11.8. The van der Waals surface area contributed by atoms with Crippen molar-refractivity contribution in [2.24, 2.45) is 0 Å². The van der Waals surface area contributed by atoms with Gasteiger partial charge in [-0.3, -0.25) is 0 Å². The highest BCUT2D eigenvalue weighted by Gasteiger charge is 2.16. The van der Waals surface area contributed by atoms with Gasteiger partial charge >= 0.3 is 0 Å². The van der Waals surface area contributed by atoms with Crippen molar-refractivity contribution in [3.05, 3.63) is 42.7 Å². The standard InChI is InChI=1S/C12H11N5O3S/c1-8-15-11(6-20-8)9-2-4-10(5-3-9)21(18,19)17-12-13-7-14-16-12/h2-7H,1H3,(H2,13,14,16,17). The normalized spacial score (nSPS) is 11.5. The Morgan fingerprint density at radius 3 is 2.57 bits per heavy atom. The van der Waals surface area contributed by atoms with Crippen LogP contribution in [0, 0.1) is 6.92 Å². The van der Waals surface area contributed by atoms with E-state index in [4.69, 9.17) is 4.42 Å². The van der Waals surface area contributed by atoms with E-state index in [0.29, 0.717) is 11.6 Å². The van der Waals surface area contributed by atoms with Crippen molar-refractivity contribution in [2.45, 2.75) is 11.8 Å². The van der Waals surface area contributed by atoms with Gasteiger partial charge in [-0.05, 0) is 12.1 Å². The van der Waals surface area contributed by atoms with Crippen molar-refractivity contribution in [1.29, 1.82) is 0 Å². The fraction of sp³-hybridized carbons (Fsp3) is 0.0833. The summed E-state index contributed by atoms with van der Waals surface area (Å²) in [6, 6.07) is 6.29. The highest BCUT2D eigenvalue weighted by Crippen LogP contribution is 2.21. The minimum atomic E-state index is -3.70. The number of nitrogens with one attached hydrogen (secondary N) is 2. The smallest absolute Gasteiger partial charge is 0.264 e. The van der Waals surface area contributed by atoms with Gasteiger partial charge in [0.05, 0.1) is 4.90 Å². The summed E-state index contributed by atoms with van der Waals surface area (Å²) in [4.78, 5) is 8.01. The first-order valence-corrected chi connectivity index (χ1v) is 7.44. The van der Waals surface area contributed by atoms with Crippen molar-refractivity contribution >= 4 is 16.0 Å². The zero-order valence-electron chi connectivity index (χ0n) is 10.9. The van der Waals surface area contributed by atoms with Gasteiger partial charge in [-0.2, -0.15) is 10.1 Å². The van der Waals surface area contributed by atoms with E-state index in [1.807, 2.05) is 0 Å². The van der Waals surface area contributed by atoms with Crippen LogP contribution < -0.4 is 4.72 Å². The predicted molar refractivity (Wildman–Crippen MR) is 73.9 cm³/mol. The first-order valence-electron chi connectivity index (χ1n) is 5.95. The molecule has 0 amide bonds. The van der Waals surface area contributed by atoms with Crippen molar-refractivity contribution in [2.75, 3.05) is 4.72 Å². The Balaban J connectivity index is 1.86. The van der Waals surface area contributed by atoms with Crippen LogP contribution in [0.25, 0.3) is 11.3 Å². The van der Waals surface area contributed by atoms with Gasteiger partial charge in [-0.15, -0.1) is 0 Å². The van der Waals surface area contributed by atoms with E-state index in [2.05, 4.69) is 24.9 Å². The number of benzene rings is 1. The minimum absolute atomic E-state index is 0.0613. The molecule has 3 rings (SSSR count). The molecule has 0 saturated carbocycles. The van der Waals surface area contributed by atoms with Crippen LogP contribution in [-0.4, -0.2) is 28.6 Å². The third-order valence-corrected chi connectivity index (χ3v) is 4.08. The molecule has 0 aliphatic rings. The SMILES string of the molecule is Cc1nc(-c2ccc(S(=O)(=O)Nc3ncn[nH]3)cc2)co1. The number of aryl methyl sites for hydroxylation is 1. The summed E-state index contributed by atoms with van der Waals surface area (Å²) in [5, 5.41) is 6.00. The molecule has 0 fully saturated rings. The molecule has 0 unspecified atom stereocenters. The number of hydrogen-bond donors (Lipinski definition) is 2. The average molecular weight is 305 g/mol. The minimum Gasteiger partial charge on any atom is -0.449 e. The lowest BCUT2D eigenvalue weighted by molar-refractivity contribution is 0.521. The molecule has 21 heavy (non-hydrogen) atoms. The van der Waals surface area contributed by atoms with Gasteiger partial charge in [0.2, 0.25) is 5.95 Å². The number of anilines is 1. The number of aromatic amines is 1. The number of sulfonamides is 1. The van der Waals surface area contributed by atoms with Crippen LogP contribution in [0.3, 0.4) is 0 Å². The molecule has 108 valence electrons. The largest absolute Gasteiger partial charge is 0.449 e. The van der Waals surface area contributed by atoms with Crippen LogP contribution >= 0.6 is 0 Å². The van der Waals surface area contributed by atoms with Gasteiger partial charge < -0.3 is 4.42 Å². The van der Waals surface area contributed by atoms with E-state index in [0.717, 1.165) is 5.56 Å². The highest BCUT2D eigenvalue weighted by atomic mass is 32.2. The summed E-state index contributed by atoms with van der Waals surface area (Å²) < 4.78 is 31.6. The topological polar surface area (TPSA) is 114 Å². The van der Waals surface area contributed by atoms with Gasteiger partial charge in [-0.1, -0.05) is 12.1 Å². The van der Waals surface area contributed by atoms with Crippen molar-refractivity contribution in [1.82, 2.24) is 20.2 Å². The number of aromatic nitrogens is 4. The lowest BCUT2D eigenvalue weighted by Gasteiger charge is -2.05. The van der Waals surface area contributed by atoms with E-state index in [1.54, 1.807) is 19.1 Å². The molecule has 0 aliphatic heterocycles. The van der Waals surface area contributed by atoms with Crippen LogP contribution in [0.1, 0.15) is 5.89 Å².